The van der Waals surface area contributed by atoms with Gasteiger partial charge in [0, 0.05) is 5.56 Å². The molecule has 0 N–H and O–H groups in total. The number of nitrogens with zero attached hydrogens (tertiary/aromatic N) is 1. The van der Waals surface area contributed by atoms with Gasteiger partial charge in [-0.2, -0.15) is 5.26 Å². The number of methoxy groups -OCH3 is 1. The number of ether oxygens (including phenoxy) is 1. The van der Waals surface area contributed by atoms with Crippen molar-refractivity contribution in [3.8, 4) is 11.8 Å². The molecule has 1 aliphatic rings. The Morgan fingerprint density at radius 3 is 2.76 bits per heavy atom. The van der Waals surface area contributed by atoms with Gasteiger partial charge in [0.2, 0.25) is 0 Å². The number of benzene rings is 1. The van der Waals surface area contributed by atoms with Crippen LogP contribution in [0.4, 0.5) is 0 Å². The van der Waals surface area contributed by atoms with Crippen LogP contribution in [0.15, 0.2) is 18.2 Å². The molecule has 1 saturated carbocycles. The molecule has 2 heteroatoms. The molecule has 2 nitrogen and oxygen atoms in total. The molecule has 0 amide bonds. The number of hydrogen-bond acceptors (Lipinski definition) is 2. The predicted octanol–water partition coefficient (Wildman–Crippen LogP) is 3.59. The maximum atomic E-state index is 9.65. The number of hydrogen-bond donors (Lipinski definition) is 0. The third-order valence-corrected chi connectivity index (χ3v) is 4.08. The van der Waals surface area contributed by atoms with E-state index in [2.05, 4.69) is 26.0 Å². The molecule has 0 spiro atoms. The van der Waals surface area contributed by atoms with Crippen molar-refractivity contribution in [3.05, 3.63) is 29.3 Å². The van der Waals surface area contributed by atoms with Crippen LogP contribution < -0.4 is 4.74 Å². The molecular weight excluding hydrogens is 210 g/mol. The lowest BCUT2D eigenvalue weighted by Crippen LogP contribution is -2.27. The Hall–Kier alpha value is -1.49. The highest BCUT2D eigenvalue weighted by molar-refractivity contribution is 5.47. The topological polar surface area (TPSA) is 33.0 Å². The van der Waals surface area contributed by atoms with Gasteiger partial charge in [-0.05, 0) is 31.7 Å². The lowest BCUT2D eigenvalue weighted by molar-refractivity contribution is 0.373. The lowest BCUT2D eigenvalue weighted by Gasteiger charge is -2.28. The van der Waals surface area contributed by atoms with Crippen molar-refractivity contribution in [1.29, 1.82) is 5.26 Å². The lowest BCUT2D eigenvalue weighted by atomic mass is 9.73. The highest BCUT2D eigenvalue weighted by Crippen LogP contribution is 2.48. The summed E-state index contributed by atoms with van der Waals surface area (Å²) in [6.07, 6.45) is 3.21. The van der Waals surface area contributed by atoms with E-state index < -0.39 is 0 Å². The molecule has 0 heterocycles. The third kappa shape index (κ3) is 1.80. The van der Waals surface area contributed by atoms with Crippen LogP contribution in [0.2, 0.25) is 0 Å². The van der Waals surface area contributed by atoms with Crippen LogP contribution in [0, 0.1) is 24.2 Å². The van der Waals surface area contributed by atoms with Gasteiger partial charge in [0.25, 0.3) is 0 Å². The maximum absolute atomic E-state index is 9.65. The van der Waals surface area contributed by atoms with E-state index >= 15 is 0 Å². The van der Waals surface area contributed by atoms with Crippen molar-refractivity contribution in [1.82, 2.24) is 0 Å². The summed E-state index contributed by atoms with van der Waals surface area (Å²) >= 11 is 0. The van der Waals surface area contributed by atoms with Crippen LogP contribution in [0.5, 0.6) is 5.75 Å². The van der Waals surface area contributed by atoms with E-state index in [9.17, 15) is 5.26 Å². The first-order valence-electron chi connectivity index (χ1n) is 6.20. The summed E-state index contributed by atoms with van der Waals surface area (Å²) in [7, 11) is 1.68. The Balaban J connectivity index is 2.58. The number of nitriles is 1. The molecule has 1 aromatic rings. The minimum absolute atomic E-state index is 0.350. The molecule has 0 bridgehead atoms. The Morgan fingerprint density at radius 1 is 1.47 bits per heavy atom. The van der Waals surface area contributed by atoms with Crippen molar-refractivity contribution in [2.45, 2.75) is 38.5 Å². The van der Waals surface area contributed by atoms with Gasteiger partial charge >= 0.3 is 0 Å². The monoisotopic (exact) mass is 229 g/mol. The van der Waals surface area contributed by atoms with E-state index in [4.69, 9.17) is 4.74 Å². The van der Waals surface area contributed by atoms with E-state index in [0.29, 0.717) is 5.92 Å². The highest BCUT2D eigenvalue weighted by Gasteiger charge is 2.43. The van der Waals surface area contributed by atoms with Crippen LogP contribution in [-0.4, -0.2) is 7.11 Å². The van der Waals surface area contributed by atoms with Gasteiger partial charge in [0.1, 0.15) is 5.75 Å². The van der Waals surface area contributed by atoms with Gasteiger partial charge in [-0.3, -0.25) is 0 Å². The van der Waals surface area contributed by atoms with Crippen LogP contribution in [-0.2, 0) is 5.41 Å². The molecule has 17 heavy (non-hydrogen) atoms. The summed E-state index contributed by atoms with van der Waals surface area (Å²) in [4.78, 5) is 0. The number of aryl methyl sites for hydroxylation is 1. The smallest absolute Gasteiger partial charge is 0.123 e. The summed E-state index contributed by atoms with van der Waals surface area (Å²) in [5, 5.41) is 9.65. The average molecular weight is 229 g/mol. The second kappa shape index (κ2) is 4.41. The fourth-order valence-corrected chi connectivity index (χ4v) is 2.98. The summed E-state index contributed by atoms with van der Waals surface area (Å²) < 4.78 is 5.44. The Morgan fingerprint density at radius 2 is 2.24 bits per heavy atom. The van der Waals surface area contributed by atoms with Crippen LogP contribution in [0.1, 0.15) is 37.3 Å². The van der Waals surface area contributed by atoms with E-state index in [1.165, 1.54) is 5.56 Å². The first-order valence-corrected chi connectivity index (χ1v) is 6.20. The predicted molar refractivity (Wildman–Crippen MR) is 68.0 cm³/mol. The van der Waals surface area contributed by atoms with Crippen molar-refractivity contribution in [3.63, 3.8) is 0 Å². The zero-order chi connectivity index (χ0) is 12.5. The Labute approximate surface area is 103 Å². The van der Waals surface area contributed by atoms with Crippen LogP contribution in [0.25, 0.3) is 0 Å². The molecule has 90 valence electrons. The fraction of sp³-hybridized carbons (Fsp3) is 0.533. The van der Waals surface area contributed by atoms with Gasteiger partial charge in [-0.1, -0.05) is 31.0 Å². The van der Waals surface area contributed by atoms with Crippen molar-refractivity contribution >= 4 is 0 Å². The van der Waals surface area contributed by atoms with Gasteiger partial charge in [0.05, 0.1) is 18.6 Å². The molecule has 0 aliphatic heterocycles. The number of rotatable bonds is 2. The summed E-state index contributed by atoms with van der Waals surface area (Å²) in [6, 6.07) is 8.70. The molecule has 2 atom stereocenters. The normalized spacial score (nSPS) is 27.8. The third-order valence-electron chi connectivity index (χ3n) is 4.08. The summed E-state index contributed by atoms with van der Waals surface area (Å²) in [5.41, 5.74) is 1.92. The minimum Gasteiger partial charge on any atom is -0.496 e. The van der Waals surface area contributed by atoms with Crippen molar-refractivity contribution < 1.29 is 4.74 Å². The first kappa shape index (κ1) is 12.0. The van der Waals surface area contributed by atoms with Gasteiger partial charge in [-0.25, -0.2) is 0 Å². The van der Waals surface area contributed by atoms with E-state index in [1.54, 1.807) is 7.11 Å². The van der Waals surface area contributed by atoms with Crippen LogP contribution in [0.3, 0.4) is 0 Å². The Kier molecular flexibility index (Phi) is 3.11. The quantitative estimate of drug-likeness (QED) is 0.776. The minimum atomic E-state index is -0.350. The molecule has 1 aliphatic carbocycles. The van der Waals surface area contributed by atoms with Gasteiger partial charge < -0.3 is 4.74 Å². The second-order valence-corrected chi connectivity index (χ2v) is 5.08. The zero-order valence-electron chi connectivity index (χ0n) is 10.8. The standard InChI is InChI=1S/C15H19NO/c1-11-6-7-14(17-3)13(9-11)15(10-16)8-4-5-12(15)2/h6-7,9,12H,4-5,8H2,1-3H3. The molecule has 1 fully saturated rings. The molecule has 0 radical (unpaired) electrons. The fourth-order valence-electron chi connectivity index (χ4n) is 2.98. The molecule has 0 saturated heterocycles. The molecular formula is C15H19NO. The van der Waals surface area contributed by atoms with E-state index in [1.807, 2.05) is 12.1 Å². The SMILES string of the molecule is COc1ccc(C)cc1C1(C#N)CCCC1C. The second-order valence-electron chi connectivity index (χ2n) is 5.08. The first-order chi connectivity index (χ1) is 8.14. The molecule has 2 unspecified atom stereocenters. The van der Waals surface area contributed by atoms with Crippen molar-refractivity contribution in [2.24, 2.45) is 5.92 Å². The molecule has 1 aromatic carbocycles. The molecule has 0 aromatic heterocycles. The summed E-state index contributed by atoms with van der Waals surface area (Å²) in [5.74, 6) is 1.26. The van der Waals surface area contributed by atoms with Gasteiger partial charge in [-0.15, -0.1) is 0 Å². The largest absolute Gasteiger partial charge is 0.496 e. The van der Waals surface area contributed by atoms with E-state index in [0.717, 1.165) is 30.6 Å². The average Bonchev–Trinajstić information content (AvgIpc) is 2.71. The zero-order valence-corrected chi connectivity index (χ0v) is 10.8. The Bertz CT molecular complexity index is 460. The van der Waals surface area contributed by atoms with Gasteiger partial charge in [0.15, 0.2) is 0 Å². The van der Waals surface area contributed by atoms with E-state index in [-0.39, 0.29) is 5.41 Å². The molecule has 2 rings (SSSR count). The van der Waals surface area contributed by atoms with Crippen LogP contribution >= 0.6 is 0 Å². The van der Waals surface area contributed by atoms with Crippen molar-refractivity contribution in [2.75, 3.05) is 7.11 Å². The highest BCUT2D eigenvalue weighted by atomic mass is 16.5. The summed E-state index contributed by atoms with van der Waals surface area (Å²) in [6.45, 7) is 4.24. The maximum Gasteiger partial charge on any atom is 0.123 e.